The topological polar surface area (TPSA) is 21.7 Å². The van der Waals surface area contributed by atoms with Crippen LogP contribution in [0.4, 0.5) is 0 Å². The maximum absolute atomic E-state index is 6.60. The van der Waals surface area contributed by atoms with Crippen LogP contribution in [0.2, 0.25) is 8.87 Å². The molecule has 0 N–H and O–H groups in total. The molecular weight excluding hydrogens is 357 g/mol. The Hall–Kier alpha value is 0.679. The number of unbranched alkanes of at least 4 members (excludes halogenated alkanes) is 2. The van der Waals surface area contributed by atoms with E-state index in [1.807, 2.05) is 0 Å². The zero-order chi connectivity index (χ0) is 14.3. The fourth-order valence-electron chi connectivity index (χ4n) is 3.42. The fraction of sp³-hybridized carbons (Fsp3) is 1.00. The summed E-state index contributed by atoms with van der Waals surface area (Å²) in [6.07, 6.45) is 9.68. The van der Waals surface area contributed by atoms with Gasteiger partial charge in [0, 0.05) is 0 Å². The van der Waals surface area contributed by atoms with Crippen LogP contribution in [0.5, 0.6) is 0 Å². The number of likely N-dealkylation sites (tertiary alicyclic amines) is 1. The van der Waals surface area contributed by atoms with E-state index in [2.05, 4.69) is 18.7 Å². The van der Waals surface area contributed by atoms with E-state index in [0.717, 1.165) is 13.2 Å². The molecule has 0 saturated carbocycles. The molecule has 2 fully saturated rings. The molecule has 118 valence electrons. The van der Waals surface area contributed by atoms with Gasteiger partial charge in [0.1, 0.15) is 0 Å². The SMILES string of the molecule is CCC[CH2][Sn]1([CH2]CCC)[O]C[C@@H](CN2CCCCC2)[O]1. The molecule has 2 aliphatic rings. The Morgan fingerprint density at radius 2 is 1.65 bits per heavy atom. The van der Waals surface area contributed by atoms with Crippen molar-refractivity contribution in [2.24, 2.45) is 0 Å². The van der Waals surface area contributed by atoms with Gasteiger partial charge in [0.15, 0.2) is 0 Å². The average Bonchev–Trinajstić information content (AvgIpc) is 2.88. The van der Waals surface area contributed by atoms with Crippen LogP contribution in [0.15, 0.2) is 0 Å². The molecule has 0 aromatic carbocycles. The molecule has 0 radical (unpaired) electrons. The van der Waals surface area contributed by atoms with Crippen molar-refractivity contribution < 1.29 is 6.15 Å². The van der Waals surface area contributed by atoms with E-state index in [0.29, 0.717) is 6.10 Å². The molecule has 2 rings (SSSR count). The summed E-state index contributed by atoms with van der Waals surface area (Å²) in [5.74, 6) is 0. The molecule has 2 aliphatic heterocycles. The van der Waals surface area contributed by atoms with Crippen LogP contribution in [-0.4, -0.2) is 56.5 Å². The van der Waals surface area contributed by atoms with Crippen molar-refractivity contribution in [3.05, 3.63) is 0 Å². The van der Waals surface area contributed by atoms with Gasteiger partial charge >= 0.3 is 130 Å². The standard InChI is InChI=1S/C8H15NO2.2C4H9.Sn/c10-7-8(11)6-9-4-2-1-3-5-9;2*1-3-4-2;/h8H,1-7H2;2*1,3-4H2,2H3;/q-2;;;+2/t8-;;;/m1.../s1. The first-order valence-electron chi connectivity index (χ1n) is 8.82. The third-order valence-electron chi connectivity index (χ3n) is 4.65. The van der Waals surface area contributed by atoms with Gasteiger partial charge < -0.3 is 0 Å². The molecule has 2 heterocycles. The van der Waals surface area contributed by atoms with Crippen molar-refractivity contribution in [1.82, 2.24) is 4.90 Å². The summed E-state index contributed by atoms with van der Waals surface area (Å²) < 4.78 is 15.5. The van der Waals surface area contributed by atoms with E-state index >= 15 is 0 Å². The van der Waals surface area contributed by atoms with E-state index in [4.69, 9.17) is 6.15 Å². The molecule has 3 nitrogen and oxygen atoms in total. The van der Waals surface area contributed by atoms with E-state index in [1.165, 1.54) is 66.9 Å². The first-order chi connectivity index (χ1) is 9.78. The minimum atomic E-state index is -2.66. The van der Waals surface area contributed by atoms with Crippen molar-refractivity contribution in [3.8, 4) is 0 Å². The van der Waals surface area contributed by atoms with E-state index in [1.54, 1.807) is 0 Å². The molecule has 0 aromatic rings. The second-order valence-electron chi connectivity index (χ2n) is 6.53. The van der Waals surface area contributed by atoms with Gasteiger partial charge in [0.05, 0.1) is 0 Å². The zero-order valence-corrected chi connectivity index (χ0v) is 16.4. The van der Waals surface area contributed by atoms with Crippen molar-refractivity contribution in [2.75, 3.05) is 26.2 Å². The van der Waals surface area contributed by atoms with Gasteiger partial charge in [0.2, 0.25) is 0 Å². The Morgan fingerprint density at radius 1 is 1.00 bits per heavy atom. The zero-order valence-electron chi connectivity index (χ0n) is 13.5. The van der Waals surface area contributed by atoms with Crippen molar-refractivity contribution >= 4 is 19.2 Å². The first-order valence-corrected chi connectivity index (χ1v) is 15.2. The van der Waals surface area contributed by atoms with Crippen LogP contribution in [0.3, 0.4) is 0 Å². The summed E-state index contributed by atoms with van der Waals surface area (Å²) in [7, 11) is 0. The molecule has 0 aliphatic carbocycles. The van der Waals surface area contributed by atoms with Gasteiger partial charge in [-0.15, -0.1) is 0 Å². The van der Waals surface area contributed by atoms with Crippen molar-refractivity contribution in [2.45, 2.75) is 73.8 Å². The number of hydrogen-bond acceptors (Lipinski definition) is 3. The van der Waals surface area contributed by atoms with Gasteiger partial charge in [-0.1, -0.05) is 0 Å². The Bertz CT molecular complexity index is 261. The van der Waals surface area contributed by atoms with Crippen molar-refractivity contribution in [3.63, 3.8) is 0 Å². The summed E-state index contributed by atoms with van der Waals surface area (Å²) in [6.45, 7) is 9.11. The predicted molar refractivity (Wildman–Crippen MR) is 86.3 cm³/mol. The third kappa shape index (κ3) is 5.15. The molecular formula is C16H33NO2Sn. The Labute approximate surface area is 130 Å². The molecule has 0 spiro atoms. The molecule has 4 heteroatoms. The molecule has 0 aromatic heterocycles. The summed E-state index contributed by atoms with van der Waals surface area (Å²) in [5, 5.41) is 0. The molecule has 1 atom stereocenters. The second-order valence-corrected chi connectivity index (χ2v) is 16.1. The van der Waals surface area contributed by atoms with Crippen LogP contribution < -0.4 is 0 Å². The van der Waals surface area contributed by atoms with Gasteiger partial charge in [-0.25, -0.2) is 0 Å². The summed E-state index contributed by atoms with van der Waals surface area (Å²) in [5.41, 5.74) is 0. The predicted octanol–water partition coefficient (Wildman–Crippen LogP) is 3.93. The molecule has 2 saturated heterocycles. The minimum absolute atomic E-state index is 0.387. The van der Waals surface area contributed by atoms with Crippen LogP contribution >= 0.6 is 0 Å². The van der Waals surface area contributed by atoms with Crippen LogP contribution in [0.1, 0.15) is 58.8 Å². The summed E-state index contributed by atoms with van der Waals surface area (Å²) >= 11 is -2.66. The Balaban J connectivity index is 1.81. The molecule has 20 heavy (non-hydrogen) atoms. The second kappa shape index (κ2) is 8.96. The summed E-state index contributed by atoms with van der Waals surface area (Å²) in [6, 6.07) is 0. The molecule has 0 amide bonds. The van der Waals surface area contributed by atoms with E-state index < -0.39 is 19.2 Å². The van der Waals surface area contributed by atoms with E-state index in [9.17, 15) is 0 Å². The monoisotopic (exact) mass is 391 g/mol. The average molecular weight is 390 g/mol. The molecule has 0 bridgehead atoms. The number of hydrogen-bond donors (Lipinski definition) is 0. The van der Waals surface area contributed by atoms with Crippen LogP contribution in [0.25, 0.3) is 0 Å². The van der Waals surface area contributed by atoms with Gasteiger partial charge in [-0.3, -0.25) is 0 Å². The number of rotatable bonds is 8. The van der Waals surface area contributed by atoms with Crippen LogP contribution in [0, 0.1) is 0 Å². The fourth-order valence-corrected chi connectivity index (χ4v) is 14.5. The number of nitrogens with zero attached hydrogens (tertiary/aromatic N) is 1. The van der Waals surface area contributed by atoms with Crippen LogP contribution in [-0.2, 0) is 6.15 Å². The molecule has 0 unspecified atom stereocenters. The first kappa shape index (κ1) is 17.0. The Kier molecular flexibility index (Phi) is 7.64. The quantitative estimate of drug-likeness (QED) is 0.587. The van der Waals surface area contributed by atoms with Crippen molar-refractivity contribution in [1.29, 1.82) is 0 Å². The van der Waals surface area contributed by atoms with Gasteiger partial charge in [-0.2, -0.15) is 0 Å². The van der Waals surface area contributed by atoms with Gasteiger partial charge in [-0.05, 0) is 0 Å². The maximum atomic E-state index is 6.60. The normalized spacial score (nSPS) is 27.0. The third-order valence-corrected chi connectivity index (χ3v) is 15.2. The van der Waals surface area contributed by atoms with E-state index in [-0.39, 0.29) is 0 Å². The summed E-state index contributed by atoms with van der Waals surface area (Å²) in [4.78, 5) is 2.60. The number of piperidine rings is 1. The van der Waals surface area contributed by atoms with Gasteiger partial charge in [0.25, 0.3) is 0 Å². The Morgan fingerprint density at radius 3 is 2.25 bits per heavy atom.